The van der Waals surface area contributed by atoms with Gasteiger partial charge in [0.05, 0.1) is 19.5 Å². The van der Waals surface area contributed by atoms with Gasteiger partial charge in [0, 0.05) is 37.1 Å². The van der Waals surface area contributed by atoms with Crippen LogP contribution in [-0.4, -0.2) is 123 Å². The molecule has 2 amide bonds. The first-order valence-corrected chi connectivity index (χ1v) is 28.5. The van der Waals surface area contributed by atoms with Crippen molar-refractivity contribution in [2.24, 2.45) is 11.3 Å². The molecule has 0 aromatic carbocycles. The van der Waals surface area contributed by atoms with Crippen LogP contribution in [-0.2, 0) is 50.7 Å². The lowest BCUT2D eigenvalue weighted by molar-refractivity contribution is -0.137. The van der Waals surface area contributed by atoms with E-state index in [0.29, 0.717) is 18.1 Å². The third-order valence-electron chi connectivity index (χ3n) is 11.1. The first kappa shape index (κ1) is 59.9. The number of aliphatic hydroxyl groups is 2. The number of hydrogen-bond acceptors (Lipinski definition) is 18. The van der Waals surface area contributed by atoms with E-state index in [-0.39, 0.29) is 41.6 Å². The fourth-order valence-electron chi connectivity index (χ4n) is 7.25. The van der Waals surface area contributed by atoms with E-state index in [0.717, 1.165) is 48.2 Å². The number of phosphoric ester groups is 3. The minimum absolute atomic E-state index is 0.0338. The van der Waals surface area contributed by atoms with Gasteiger partial charge in [-0.2, -0.15) is 4.31 Å². The standard InChI is InChI=1S/C40H72N7O17P3S/c1-5-6-7-8-9-10-11-12-14-17-28(2)18-15-13-16-19-31(49)68-23-22-42-30(48)20-21-43-38(52)35(51)40(3,4)25-61-67(58,59)64-66(56,57)60-24-29-34(63-65(53,54)55)33(50)39(62-29)47-27-46-32-36(41)44-26-45-37(32)47/h26-29,33-35,39,50-51H,5-25H2,1-4H3,(H,42,48)(H,43,52)(H,56,57)(H,58,59)(H2,41,44,45)(H2,53,54,55). The van der Waals surface area contributed by atoms with Crippen molar-refractivity contribution in [2.75, 3.05) is 37.8 Å². The van der Waals surface area contributed by atoms with Gasteiger partial charge in [-0.25, -0.2) is 28.6 Å². The van der Waals surface area contributed by atoms with Crippen molar-refractivity contribution in [3.63, 3.8) is 0 Å². The summed E-state index contributed by atoms with van der Waals surface area (Å²) in [6.45, 7) is 5.13. The molecule has 0 aliphatic carbocycles. The lowest BCUT2D eigenvalue weighted by atomic mass is 9.87. The number of anilines is 1. The molecule has 0 bridgehead atoms. The molecule has 3 rings (SSSR count). The number of amides is 2. The van der Waals surface area contributed by atoms with Crippen LogP contribution in [0, 0.1) is 11.3 Å². The number of rotatable bonds is 35. The number of imidazole rings is 1. The Kier molecular flexibility index (Phi) is 25.7. The monoisotopic (exact) mass is 1050 g/mol. The summed E-state index contributed by atoms with van der Waals surface area (Å²) >= 11 is 1.16. The van der Waals surface area contributed by atoms with Crippen molar-refractivity contribution in [3.8, 4) is 0 Å². The molecule has 2 aromatic heterocycles. The predicted molar refractivity (Wildman–Crippen MR) is 251 cm³/mol. The second-order valence-electron chi connectivity index (χ2n) is 17.6. The van der Waals surface area contributed by atoms with Gasteiger partial charge in [0.2, 0.25) is 11.8 Å². The van der Waals surface area contributed by atoms with E-state index >= 15 is 0 Å². The SMILES string of the molecule is CCCCCCCCCCCC(C)CCCCCC(=O)SCCNC(=O)CCNC(=O)C(O)C(C)(C)COP(=O)(O)OP(=O)(O)OCC1OC(n2cnc3c(N)ncnc32)C(O)C1OP(=O)(O)O. The van der Waals surface area contributed by atoms with E-state index in [1.54, 1.807) is 0 Å². The average Bonchev–Trinajstić information content (AvgIpc) is 3.82. The molecule has 1 aliphatic rings. The van der Waals surface area contributed by atoms with Crippen LogP contribution < -0.4 is 16.4 Å². The molecule has 2 aromatic rings. The number of nitrogens with one attached hydrogen (secondary N) is 2. The van der Waals surface area contributed by atoms with E-state index in [4.69, 9.17) is 19.5 Å². The summed E-state index contributed by atoms with van der Waals surface area (Å²) in [5.74, 6) is -0.321. The van der Waals surface area contributed by atoms with Crippen LogP contribution in [0.4, 0.5) is 5.82 Å². The van der Waals surface area contributed by atoms with E-state index in [9.17, 15) is 57.9 Å². The van der Waals surface area contributed by atoms with Crippen LogP contribution in [0.25, 0.3) is 11.2 Å². The number of fused-ring (bicyclic) bond motifs is 1. The molecule has 1 aliphatic heterocycles. The Bertz CT molecular complexity index is 2030. The van der Waals surface area contributed by atoms with Crippen LogP contribution in [0.5, 0.6) is 0 Å². The van der Waals surface area contributed by atoms with Crippen molar-refractivity contribution < 1.29 is 80.5 Å². The van der Waals surface area contributed by atoms with Gasteiger partial charge in [-0.05, 0) is 12.3 Å². The molecule has 24 nitrogen and oxygen atoms in total. The normalized spacial score (nSPS) is 20.4. The van der Waals surface area contributed by atoms with Crippen LogP contribution in [0.15, 0.2) is 12.7 Å². The zero-order valence-electron chi connectivity index (χ0n) is 39.3. The number of nitrogens with zero attached hydrogens (tertiary/aromatic N) is 4. The van der Waals surface area contributed by atoms with E-state index in [1.807, 2.05) is 0 Å². The zero-order valence-corrected chi connectivity index (χ0v) is 42.8. The van der Waals surface area contributed by atoms with Gasteiger partial charge in [0.1, 0.15) is 36.3 Å². The largest absolute Gasteiger partial charge is 0.481 e. The summed E-state index contributed by atoms with van der Waals surface area (Å²) in [7, 11) is -16.4. The number of carbonyl (C=O) groups excluding carboxylic acids is 3. The third-order valence-corrected chi connectivity index (χ3v) is 15.2. The van der Waals surface area contributed by atoms with Crippen LogP contribution in [0.1, 0.15) is 137 Å². The number of ether oxygens (including phenoxy) is 1. The lowest BCUT2D eigenvalue weighted by Gasteiger charge is -2.30. The Balaban J connectivity index is 1.30. The Labute approximate surface area is 401 Å². The Morgan fingerprint density at radius 1 is 0.882 bits per heavy atom. The molecule has 0 radical (unpaired) electrons. The first-order valence-electron chi connectivity index (χ1n) is 23.0. The second-order valence-corrected chi connectivity index (χ2v) is 23.0. The molecule has 28 heteroatoms. The number of nitrogens with two attached hydrogens (primary N) is 1. The van der Waals surface area contributed by atoms with E-state index in [2.05, 4.69) is 48.3 Å². The van der Waals surface area contributed by atoms with Gasteiger partial charge >= 0.3 is 23.5 Å². The van der Waals surface area contributed by atoms with Gasteiger partial charge in [0.25, 0.3) is 0 Å². The molecule has 390 valence electrons. The fourth-order valence-corrected chi connectivity index (χ4v) is 10.8. The van der Waals surface area contributed by atoms with Crippen LogP contribution in [0.2, 0.25) is 0 Å². The molecule has 8 atom stereocenters. The van der Waals surface area contributed by atoms with Crippen LogP contribution >= 0.6 is 35.2 Å². The topological polar surface area (TPSA) is 364 Å². The quantitative estimate of drug-likeness (QED) is 0.0317. The molecule has 10 N–H and O–H groups in total. The minimum atomic E-state index is -5.58. The second kappa shape index (κ2) is 29.2. The Morgan fingerprint density at radius 3 is 2.15 bits per heavy atom. The van der Waals surface area contributed by atoms with Crippen molar-refractivity contribution in [3.05, 3.63) is 12.7 Å². The number of phosphoric acid groups is 3. The molecular weight excluding hydrogens is 975 g/mol. The molecule has 1 fully saturated rings. The summed E-state index contributed by atoms with van der Waals surface area (Å²) in [5.41, 5.74) is 4.29. The molecule has 0 spiro atoms. The van der Waals surface area contributed by atoms with E-state index in [1.165, 1.54) is 84.5 Å². The maximum absolute atomic E-state index is 12.7. The molecule has 3 heterocycles. The van der Waals surface area contributed by atoms with Crippen molar-refractivity contribution in [1.82, 2.24) is 30.2 Å². The third kappa shape index (κ3) is 21.9. The summed E-state index contributed by atoms with van der Waals surface area (Å²) < 4.78 is 62.5. The van der Waals surface area contributed by atoms with Gasteiger partial charge in [-0.1, -0.05) is 123 Å². The highest BCUT2D eigenvalue weighted by molar-refractivity contribution is 8.13. The number of thioether (sulfide) groups is 1. The maximum atomic E-state index is 12.7. The van der Waals surface area contributed by atoms with E-state index < -0.39 is 84.6 Å². The summed E-state index contributed by atoms with van der Waals surface area (Å²) in [6.07, 6.45) is 11.0. The summed E-state index contributed by atoms with van der Waals surface area (Å²) in [6, 6.07) is 0. The first-order chi connectivity index (χ1) is 31.9. The fraction of sp³-hybridized carbons (Fsp3) is 0.800. The predicted octanol–water partition coefficient (Wildman–Crippen LogP) is 5.17. The number of carbonyl (C=O) groups is 3. The average molecular weight is 1050 g/mol. The number of aromatic nitrogens is 4. The Hall–Kier alpha value is -2.44. The molecule has 0 saturated carbocycles. The highest BCUT2D eigenvalue weighted by Gasteiger charge is 2.50. The minimum Gasteiger partial charge on any atom is -0.386 e. The molecule has 8 unspecified atom stereocenters. The van der Waals surface area contributed by atoms with Gasteiger partial charge < -0.3 is 50.9 Å². The smallest absolute Gasteiger partial charge is 0.386 e. The number of hydrogen-bond donors (Lipinski definition) is 9. The summed E-state index contributed by atoms with van der Waals surface area (Å²) in [5, 5.41) is 26.7. The van der Waals surface area contributed by atoms with Gasteiger partial charge in [-0.3, -0.25) is 32.5 Å². The Morgan fingerprint density at radius 2 is 1.50 bits per heavy atom. The van der Waals surface area contributed by atoms with Gasteiger partial charge in [0.15, 0.2) is 22.8 Å². The number of aliphatic hydroxyl groups excluding tert-OH is 2. The zero-order chi connectivity index (χ0) is 50.5. The maximum Gasteiger partial charge on any atom is 0.481 e. The highest BCUT2D eigenvalue weighted by atomic mass is 32.2. The lowest BCUT2D eigenvalue weighted by Crippen LogP contribution is -2.46. The molecule has 1 saturated heterocycles. The van der Waals surface area contributed by atoms with Crippen molar-refractivity contribution in [1.29, 1.82) is 0 Å². The highest BCUT2D eigenvalue weighted by Crippen LogP contribution is 2.61. The van der Waals surface area contributed by atoms with Crippen molar-refractivity contribution in [2.45, 2.75) is 161 Å². The molecular formula is C40H72N7O17P3S. The number of nitrogen functional groups attached to an aromatic ring is 1. The summed E-state index contributed by atoms with van der Waals surface area (Å²) in [4.78, 5) is 88.5. The van der Waals surface area contributed by atoms with Crippen molar-refractivity contribution >= 4 is 69.1 Å². The molecule has 68 heavy (non-hydrogen) atoms. The number of unbranched alkanes of at least 4 members (excludes halogenated alkanes) is 10. The van der Waals surface area contributed by atoms with Gasteiger partial charge in [-0.15, -0.1) is 0 Å². The van der Waals surface area contributed by atoms with Crippen LogP contribution in [0.3, 0.4) is 0 Å².